The van der Waals surface area contributed by atoms with Gasteiger partial charge in [-0.1, -0.05) is 17.7 Å². The second kappa shape index (κ2) is 3.85. The molecule has 0 aromatic carbocycles. The fraction of sp³-hybridized carbons (Fsp3) is 0.375. The van der Waals surface area contributed by atoms with E-state index < -0.39 is 0 Å². The van der Waals surface area contributed by atoms with E-state index in [9.17, 15) is 0 Å². The lowest BCUT2D eigenvalue weighted by Crippen LogP contribution is -2.12. The average molecular weight is 187 g/mol. The number of hydrogen-bond donors (Lipinski definition) is 1. The molecule has 1 N–H and O–H groups in total. The summed E-state index contributed by atoms with van der Waals surface area (Å²) in [6.45, 7) is 2.27. The number of rotatable bonds is 2. The molecule has 66 valence electrons. The molecule has 1 rings (SSSR count). The number of aryl methyl sites for hydroxylation is 1. The molecule has 0 aliphatic heterocycles. The maximum atomic E-state index is 8.95. The van der Waals surface area contributed by atoms with Gasteiger partial charge in [-0.3, -0.25) is 0 Å². The summed E-state index contributed by atoms with van der Waals surface area (Å²) in [7, 11) is 1.57. The monoisotopic (exact) mass is 186 g/mol. The standard InChI is InChI=1S/C8H11ClN2O/c1-6-3-4-7(5-11(2)12)8(9)10-6/h3-4,12H,5H2,1-2H3. The second-order valence-corrected chi connectivity index (χ2v) is 3.08. The zero-order valence-corrected chi connectivity index (χ0v) is 7.84. The summed E-state index contributed by atoms with van der Waals surface area (Å²) in [4.78, 5) is 4.05. The van der Waals surface area contributed by atoms with Crippen molar-refractivity contribution in [2.24, 2.45) is 0 Å². The van der Waals surface area contributed by atoms with Crippen LogP contribution in [0.15, 0.2) is 12.1 Å². The fourth-order valence-corrected chi connectivity index (χ4v) is 1.17. The predicted octanol–water partition coefficient (Wildman–Crippen LogP) is 1.86. The molecular weight excluding hydrogens is 176 g/mol. The van der Waals surface area contributed by atoms with Crippen molar-refractivity contribution in [1.29, 1.82) is 0 Å². The topological polar surface area (TPSA) is 36.4 Å². The Hall–Kier alpha value is -0.640. The first-order valence-corrected chi connectivity index (χ1v) is 3.99. The van der Waals surface area contributed by atoms with Gasteiger partial charge in [0.25, 0.3) is 0 Å². The Kier molecular flexibility index (Phi) is 3.03. The highest BCUT2D eigenvalue weighted by Gasteiger charge is 2.02. The van der Waals surface area contributed by atoms with Crippen LogP contribution in [-0.2, 0) is 6.54 Å². The molecule has 0 saturated carbocycles. The van der Waals surface area contributed by atoms with Crippen molar-refractivity contribution in [3.8, 4) is 0 Å². The Morgan fingerprint density at radius 1 is 1.58 bits per heavy atom. The second-order valence-electron chi connectivity index (χ2n) is 2.72. The van der Waals surface area contributed by atoms with Crippen LogP contribution in [0.25, 0.3) is 0 Å². The van der Waals surface area contributed by atoms with Gasteiger partial charge in [-0.05, 0) is 13.0 Å². The van der Waals surface area contributed by atoms with Gasteiger partial charge < -0.3 is 5.21 Å². The van der Waals surface area contributed by atoms with Crippen LogP contribution in [0.1, 0.15) is 11.3 Å². The Morgan fingerprint density at radius 2 is 2.25 bits per heavy atom. The van der Waals surface area contributed by atoms with Gasteiger partial charge in [0.15, 0.2) is 0 Å². The smallest absolute Gasteiger partial charge is 0.133 e. The highest BCUT2D eigenvalue weighted by atomic mass is 35.5. The van der Waals surface area contributed by atoms with Crippen LogP contribution in [0.2, 0.25) is 5.15 Å². The number of hydrogen-bond acceptors (Lipinski definition) is 3. The summed E-state index contributed by atoms with van der Waals surface area (Å²) in [6.07, 6.45) is 0. The summed E-state index contributed by atoms with van der Waals surface area (Å²) < 4.78 is 0. The Balaban J connectivity index is 2.86. The third-order valence-electron chi connectivity index (χ3n) is 1.46. The van der Waals surface area contributed by atoms with Crippen molar-refractivity contribution >= 4 is 11.6 Å². The van der Waals surface area contributed by atoms with Crippen molar-refractivity contribution < 1.29 is 5.21 Å². The normalized spacial score (nSPS) is 10.8. The summed E-state index contributed by atoms with van der Waals surface area (Å²) in [6, 6.07) is 3.72. The highest BCUT2D eigenvalue weighted by molar-refractivity contribution is 6.30. The molecule has 0 bridgehead atoms. The molecule has 0 aliphatic rings. The van der Waals surface area contributed by atoms with E-state index in [0.717, 1.165) is 16.3 Å². The van der Waals surface area contributed by atoms with E-state index in [1.165, 1.54) is 0 Å². The van der Waals surface area contributed by atoms with Gasteiger partial charge in [-0.15, -0.1) is 0 Å². The van der Waals surface area contributed by atoms with Gasteiger partial charge in [0.2, 0.25) is 0 Å². The zero-order chi connectivity index (χ0) is 9.14. The SMILES string of the molecule is Cc1ccc(CN(C)O)c(Cl)n1. The Morgan fingerprint density at radius 3 is 2.75 bits per heavy atom. The molecule has 0 fully saturated rings. The lowest BCUT2D eigenvalue weighted by molar-refractivity contribution is -0.0732. The summed E-state index contributed by atoms with van der Waals surface area (Å²) >= 11 is 5.82. The van der Waals surface area contributed by atoms with Crippen LogP contribution in [0.3, 0.4) is 0 Å². The Labute approximate surface area is 76.6 Å². The van der Waals surface area contributed by atoms with Gasteiger partial charge in [0, 0.05) is 18.3 Å². The third kappa shape index (κ3) is 2.44. The van der Waals surface area contributed by atoms with E-state index in [1.807, 2.05) is 19.1 Å². The molecule has 12 heavy (non-hydrogen) atoms. The van der Waals surface area contributed by atoms with Crippen LogP contribution in [0.4, 0.5) is 0 Å². The summed E-state index contributed by atoms with van der Waals surface area (Å²) in [5.74, 6) is 0. The van der Waals surface area contributed by atoms with E-state index in [-0.39, 0.29) is 0 Å². The maximum absolute atomic E-state index is 8.95. The molecule has 0 aliphatic carbocycles. The van der Waals surface area contributed by atoms with Crippen LogP contribution in [0.5, 0.6) is 0 Å². The van der Waals surface area contributed by atoms with E-state index in [2.05, 4.69) is 4.98 Å². The highest BCUT2D eigenvalue weighted by Crippen LogP contribution is 2.14. The minimum absolute atomic E-state index is 0.395. The minimum Gasteiger partial charge on any atom is -0.314 e. The molecule has 1 aromatic rings. The van der Waals surface area contributed by atoms with Crippen molar-refractivity contribution in [3.63, 3.8) is 0 Å². The molecule has 0 saturated heterocycles. The molecule has 0 amide bonds. The van der Waals surface area contributed by atoms with Gasteiger partial charge in [0.05, 0.1) is 6.54 Å². The Bertz CT molecular complexity index is 276. The zero-order valence-electron chi connectivity index (χ0n) is 7.08. The van der Waals surface area contributed by atoms with Crippen molar-refractivity contribution in [2.75, 3.05) is 7.05 Å². The summed E-state index contributed by atoms with van der Waals surface area (Å²) in [5, 5.41) is 10.5. The fourth-order valence-electron chi connectivity index (χ4n) is 0.918. The largest absolute Gasteiger partial charge is 0.314 e. The van der Waals surface area contributed by atoms with Crippen LogP contribution < -0.4 is 0 Å². The third-order valence-corrected chi connectivity index (χ3v) is 1.79. The molecular formula is C8H11ClN2O. The molecule has 0 unspecified atom stereocenters. The quantitative estimate of drug-likeness (QED) is 0.566. The molecule has 0 atom stereocenters. The first kappa shape index (κ1) is 9.45. The number of halogens is 1. The van der Waals surface area contributed by atoms with Crippen LogP contribution in [0, 0.1) is 6.92 Å². The van der Waals surface area contributed by atoms with Crippen molar-refractivity contribution in [2.45, 2.75) is 13.5 Å². The average Bonchev–Trinajstić information content (AvgIpc) is 1.94. The van der Waals surface area contributed by atoms with E-state index in [1.54, 1.807) is 7.05 Å². The lowest BCUT2D eigenvalue weighted by Gasteiger charge is -2.08. The lowest BCUT2D eigenvalue weighted by atomic mass is 10.2. The van der Waals surface area contributed by atoms with E-state index >= 15 is 0 Å². The van der Waals surface area contributed by atoms with Crippen LogP contribution >= 0.6 is 11.6 Å². The number of hydroxylamine groups is 2. The molecule has 4 heteroatoms. The first-order valence-electron chi connectivity index (χ1n) is 3.61. The van der Waals surface area contributed by atoms with Gasteiger partial charge in [0.1, 0.15) is 5.15 Å². The predicted molar refractivity (Wildman–Crippen MR) is 47.2 cm³/mol. The van der Waals surface area contributed by atoms with Crippen molar-refractivity contribution in [3.05, 3.63) is 28.5 Å². The summed E-state index contributed by atoms with van der Waals surface area (Å²) in [5.41, 5.74) is 1.71. The first-order chi connectivity index (χ1) is 5.59. The molecule has 0 spiro atoms. The number of nitrogens with zero attached hydrogens (tertiary/aromatic N) is 2. The maximum Gasteiger partial charge on any atom is 0.133 e. The number of aromatic nitrogens is 1. The van der Waals surface area contributed by atoms with Crippen molar-refractivity contribution in [1.82, 2.24) is 10.0 Å². The molecule has 0 radical (unpaired) electrons. The molecule has 3 nitrogen and oxygen atoms in total. The van der Waals surface area contributed by atoms with Crippen LogP contribution in [-0.4, -0.2) is 22.3 Å². The van der Waals surface area contributed by atoms with Gasteiger partial charge >= 0.3 is 0 Å². The van der Waals surface area contributed by atoms with Gasteiger partial charge in [-0.25, -0.2) is 4.98 Å². The number of pyridine rings is 1. The van der Waals surface area contributed by atoms with E-state index in [4.69, 9.17) is 16.8 Å². The minimum atomic E-state index is 0.395. The molecule has 1 heterocycles. The molecule has 1 aromatic heterocycles. The van der Waals surface area contributed by atoms with E-state index in [0.29, 0.717) is 11.7 Å². The van der Waals surface area contributed by atoms with Gasteiger partial charge in [-0.2, -0.15) is 5.06 Å².